The lowest BCUT2D eigenvalue weighted by atomic mass is 10.2. The Hall–Kier alpha value is -1.96. The first-order valence-electron chi connectivity index (χ1n) is 5.75. The zero-order valence-corrected chi connectivity index (χ0v) is 12.7. The summed E-state index contributed by atoms with van der Waals surface area (Å²) in [4.78, 5) is 22.5. The average molecular weight is 342 g/mol. The Morgan fingerprint density at radius 3 is 2.65 bits per heavy atom. The molecule has 0 amide bonds. The summed E-state index contributed by atoms with van der Waals surface area (Å²) in [5, 5.41) is 15.2. The smallest absolute Gasteiger partial charge is 0.435 e. The van der Waals surface area contributed by atoms with Crippen LogP contribution in [0.4, 0.5) is 10.5 Å². The predicted octanol–water partition coefficient (Wildman–Crippen LogP) is 3.49. The van der Waals surface area contributed by atoms with Gasteiger partial charge in [0.15, 0.2) is 0 Å². The van der Waals surface area contributed by atoms with Crippen LogP contribution in [0.5, 0.6) is 0 Å². The largest absolute Gasteiger partial charge is 0.442 e. The molecule has 1 aromatic carbocycles. The third-order valence-corrected chi connectivity index (χ3v) is 2.96. The molecule has 7 nitrogen and oxygen atoms in total. The van der Waals surface area contributed by atoms with Crippen LogP contribution >= 0.6 is 15.9 Å². The van der Waals surface area contributed by atoms with Gasteiger partial charge in [0, 0.05) is 6.07 Å². The summed E-state index contributed by atoms with van der Waals surface area (Å²) < 4.78 is 6.46. The minimum atomic E-state index is -0.686. The van der Waals surface area contributed by atoms with Gasteiger partial charge in [0.25, 0.3) is 5.69 Å². The van der Waals surface area contributed by atoms with E-state index in [1.54, 1.807) is 26.8 Å². The van der Waals surface area contributed by atoms with E-state index < -0.39 is 16.6 Å². The number of nitro benzene ring substituents is 1. The number of halogens is 1. The van der Waals surface area contributed by atoms with Crippen LogP contribution in [0.3, 0.4) is 0 Å². The van der Waals surface area contributed by atoms with Crippen LogP contribution in [-0.2, 0) is 4.74 Å². The number of ether oxygens (including phenoxy) is 1. The number of fused-ring (bicyclic) bond motifs is 1. The highest BCUT2D eigenvalue weighted by Gasteiger charge is 2.25. The van der Waals surface area contributed by atoms with E-state index in [-0.39, 0.29) is 15.7 Å². The lowest BCUT2D eigenvalue weighted by Gasteiger charge is -2.19. The van der Waals surface area contributed by atoms with Crippen molar-refractivity contribution < 1.29 is 14.5 Å². The number of nitro groups is 1. The first-order valence-corrected chi connectivity index (χ1v) is 6.55. The van der Waals surface area contributed by atoms with Gasteiger partial charge >= 0.3 is 6.09 Å². The molecular weight excluding hydrogens is 330 g/mol. The van der Waals surface area contributed by atoms with Crippen LogP contribution in [-0.4, -0.2) is 26.4 Å². The van der Waals surface area contributed by atoms with Gasteiger partial charge < -0.3 is 4.74 Å². The third-order valence-electron chi connectivity index (χ3n) is 2.41. The molecule has 0 unspecified atom stereocenters. The number of hydrogen-bond acceptors (Lipinski definition) is 5. The van der Waals surface area contributed by atoms with Crippen LogP contribution < -0.4 is 0 Å². The van der Waals surface area contributed by atoms with Gasteiger partial charge in [0.1, 0.15) is 15.6 Å². The second-order valence-corrected chi connectivity index (χ2v) is 5.86. The Kier molecular flexibility index (Phi) is 3.51. The fraction of sp³-hybridized carbons (Fsp3) is 0.333. The van der Waals surface area contributed by atoms with Crippen molar-refractivity contribution >= 4 is 38.6 Å². The summed E-state index contributed by atoms with van der Waals surface area (Å²) in [5.41, 5.74) is -0.479. The van der Waals surface area contributed by atoms with Gasteiger partial charge in [-0.3, -0.25) is 10.1 Å². The lowest BCUT2D eigenvalue weighted by molar-refractivity contribution is -0.383. The van der Waals surface area contributed by atoms with E-state index in [0.29, 0.717) is 5.52 Å². The van der Waals surface area contributed by atoms with E-state index in [4.69, 9.17) is 4.74 Å². The van der Waals surface area contributed by atoms with Crippen LogP contribution in [0.25, 0.3) is 10.9 Å². The minimum absolute atomic E-state index is 0.121. The maximum atomic E-state index is 12.1. The average Bonchev–Trinajstić information content (AvgIpc) is 2.65. The summed E-state index contributed by atoms with van der Waals surface area (Å²) in [5.74, 6) is 0. The second kappa shape index (κ2) is 4.86. The number of non-ortho nitro benzene ring substituents is 1. The van der Waals surface area contributed by atoms with Gasteiger partial charge in [-0.1, -0.05) is 6.07 Å². The summed E-state index contributed by atoms with van der Waals surface area (Å²) in [7, 11) is 0. The van der Waals surface area contributed by atoms with Crippen molar-refractivity contribution in [2.24, 2.45) is 0 Å². The Morgan fingerprint density at radius 2 is 2.10 bits per heavy atom. The Balaban J connectivity index is 2.60. The molecule has 0 aliphatic heterocycles. The summed E-state index contributed by atoms with van der Waals surface area (Å²) in [6.07, 6.45) is -0.686. The Morgan fingerprint density at radius 1 is 1.45 bits per heavy atom. The van der Waals surface area contributed by atoms with Crippen LogP contribution in [0.15, 0.2) is 22.8 Å². The maximum absolute atomic E-state index is 12.1. The Bertz CT molecular complexity index is 703. The first kappa shape index (κ1) is 14.4. The number of nitrogens with zero attached hydrogens (tertiary/aromatic N) is 3. The van der Waals surface area contributed by atoms with E-state index in [1.807, 2.05) is 0 Å². The van der Waals surface area contributed by atoms with Crippen molar-refractivity contribution in [2.45, 2.75) is 26.4 Å². The topological polar surface area (TPSA) is 87.3 Å². The number of carbonyl (C=O) groups is 1. The number of rotatable bonds is 1. The Labute approximate surface area is 122 Å². The molecule has 0 atom stereocenters. The van der Waals surface area contributed by atoms with Crippen molar-refractivity contribution in [1.29, 1.82) is 0 Å². The van der Waals surface area contributed by atoms with Crippen molar-refractivity contribution in [2.75, 3.05) is 0 Å². The maximum Gasteiger partial charge on any atom is 0.435 e. The fourth-order valence-corrected chi connectivity index (χ4v) is 2.27. The number of carbonyl (C=O) groups excluding carboxylic acids is 1. The van der Waals surface area contributed by atoms with Crippen molar-refractivity contribution in [3.63, 3.8) is 0 Å². The molecule has 1 heterocycles. The van der Waals surface area contributed by atoms with Crippen LogP contribution in [0.2, 0.25) is 0 Å². The van der Waals surface area contributed by atoms with Crippen molar-refractivity contribution in [1.82, 2.24) is 9.78 Å². The minimum Gasteiger partial charge on any atom is -0.442 e. The normalized spacial score (nSPS) is 11.6. The molecule has 8 heteroatoms. The first-order chi connectivity index (χ1) is 9.20. The molecule has 0 N–H and O–H groups in total. The number of benzene rings is 1. The summed E-state index contributed by atoms with van der Waals surface area (Å²) >= 11 is 3.14. The van der Waals surface area contributed by atoms with Gasteiger partial charge in [0.2, 0.25) is 0 Å². The van der Waals surface area contributed by atoms with Crippen molar-refractivity contribution in [3.8, 4) is 0 Å². The third kappa shape index (κ3) is 2.64. The van der Waals surface area contributed by atoms with Gasteiger partial charge in [-0.25, -0.2) is 4.79 Å². The second-order valence-electron chi connectivity index (χ2n) is 5.11. The zero-order chi connectivity index (χ0) is 15.1. The molecule has 2 aromatic rings. The molecule has 20 heavy (non-hydrogen) atoms. The standard InChI is InChI=1S/C12H12BrN3O4/c1-12(2,3)20-11(17)15-7-5-4-6-8(16(18)19)9(7)10(13)14-15/h4-6H,1-3H3. The molecule has 0 spiro atoms. The van der Waals surface area contributed by atoms with E-state index in [0.717, 1.165) is 4.68 Å². The van der Waals surface area contributed by atoms with E-state index in [9.17, 15) is 14.9 Å². The molecule has 0 bridgehead atoms. The molecule has 0 radical (unpaired) electrons. The van der Waals surface area contributed by atoms with Gasteiger partial charge in [-0.15, -0.1) is 0 Å². The van der Waals surface area contributed by atoms with Gasteiger partial charge in [0.05, 0.1) is 10.4 Å². The highest BCUT2D eigenvalue weighted by molar-refractivity contribution is 9.10. The van der Waals surface area contributed by atoms with E-state index in [2.05, 4.69) is 21.0 Å². The van der Waals surface area contributed by atoms with E-state index in [1.165, 1.54) is 12.1 Å². The predicted molar refractivity (Wildman–Crippen MR) is 75.7 cm³/mol. The molecule has 106 valence electrons. The fourth-order valence-electron chi connectivity index (χ4n) is 1.70. The van der Waals surface area contributed by atoms with Gasteiger partial charge in [-0.05, 0) is 42.8 Å². The quantitative estimate of drug-likeness (QED) is 0.585. The molecule has 0 saturated carbocycles. The molecule has 0 aliphatic rings. The van der Waals surface area contributed by atoms with Crippen LogP contribution in [0, 0.1) is 10.1 Å². The van der Waals surface area contributed by atoms with Gasteiger partial charge in [-0.2, -0.15) is 9.78 Å². The molecule has 0 aliphatic carbocycles. The highest BCUT2D eigenvalue weighted by Crippen LogP contribution is 2.32. The van der Waals surface area contributed by atoms with Crippen LogP contribution in [0.1, 0.15) is 20.8 Å². The number of aromatic nitrogens is 2. The van der Waals surface area contributed by atoms with Crippen molar-refractivity contribution in [3.05, 3.63) is 32.9 Å². The summed E-state index contributed by atoms with van der Waals surface area (Å²) in [6, 6.07) is 4.42. The monoisotopic (exact) mass is 341 g/mol. The lowest BCUT2D eigenvalue weighted by Crippen LogP contribution is -2.27. The molecule has 1 aromatic heterocycles. The molecular formula is C12H12BrN3O4. The van der Waals surface area contributed by atoms with E-state index >= 15 is 0 Å². The zero-order valence-electron chi connectivity index (χ0n) is 11.1. The number of hydrogen-bond donors (Lipinski definition) is 0. The molecule has 0 saturated heterocycles. The highest BCUT2D eigenvalue weighted by atomic mass is 79.9. The summed E-state index contributed by atoms with van der Waals surface area (Å²) in [6.45, 7) is 5.19. The molecule has 2 rings (SSSR count). The SMILES string of the molecule is CC(C)(C)OC(=O)n1nc(Br)c2c([N+](=O)[O-])cccc21. The molecule has 0 fully saturated rings.